The standard InChI is InChI=1S/C14H11N2S/c1-9-7-10(2)16-12-5-3-4-6-13(12)17-14(16)11(9)8-15/h3-7H,1-2H3/q+1. The SMILES string of the molecule is Cc1cc(C)[n+]2c(sc3ccccc32)c1C#N. The van der Waals surface area contributed by atoms with Crippen LogP contribution in [0.4, 0.5) is 0 Å². The van der Waals surface area contributed by atoms with Crippen LogP contribution >= 0.6 is 11.3 Å². The highest BCUT2D eigenvalue weighted by atomic mass is 32.1. The molecule has 0 radical (unpaired) electrons. The number of fused-ring (bicyclic) bond motifs is 3. The van der Waals surface area contributed by atoms with Crippen LogP contribution in [0.15, 0.2) is 30.3 Å². The molecule has 0 unspecified atom stereocenters. The number of thiazole rings is 1. The Morgan fingerprint density at radius 2 is 2.00 bits per heavy atom. The maximum Gasteiger partial charge on any atom is 0.286 e. The molecule has 2 aromatic heterocycles. The molecule has 2 nitrogen and oxygen atoms in total. The molecule has 0 aliphatic carbocycles. The Morgan fingerprint density at radius 3 is 2.76 bits per heavy atom. The largest absolute Gasteiger partial charge is 0.286 e. The van der Waals surface area contributed by atoms with Crippen LogP contribution in [-0.2, 0) is 0 Å². The predicted octanol–water partition coefficient (Wildman–Crippen LogP) is 3.13. The van der Waals surface area contributed by atoms with E-state index in [1.807, 2.05) is 19.1 Å². The first-order chi connectivity index (χ1) is 8.22. The fraction of sp³-hybridized carbons (Fsp3) is 0.143. The van der Waals surface area contributed by atoms with E-state index in [0.29, 0.717) is 0 Å². The molecule has 0 aliphatic heterocycles. The first-order valence-electron chi connectivity index (χ1n) is 5.46. The molecule has 3 aromatic rings. The van der Waals surface area contributed by atoms with Gasteiger partial charge in [-0.1, -0.05) is 23.5 Å². The minimum Gasteiger partial charge on any atom is -0.192 e. The number of aromatic nitrogens is 1. The molecule has 1 aromatic carbocycles. The molecule has 82 valence electrons. The van der Waals surface area contributed by atoms with Gasteiger partial charge >= 0.3 is 0 Å². The molecule has 0 saturated carbocycles. The molecule has 0 spiro atoms. The second-order valence-electron chi connectivity index (χ2n) is 4.17. The lowest BCUT2D eigenvalue weighted by atomic mass is 10.1. The van der Waals surface area contributed by atoms with Crippen LogP contribution in [0, 0.1) is 25.2 Å². The van der Waals surface area contributed by atoms with Crippen molar-refractivity contribution in [2.24, 2.45) is 0 Å². The Labute approximate surface area is 103 Å². The van der Waals surface area contributed by atoms with Crippen molar-refractivity contribution in [3.63, 3.8) is 0 Å². The van der Waals surface area contributed by atoms with Crippen LogP contribution in [0.1, 0.15) is 16.8 Å². The molecule has 0 atom stereocenters. The summed E-state index contributed by atoms with van der Waals surface area (Å²) >= 11 is 1.68. The van der Waals surface area contributed by atoms with Crippen molar-refractivity contribution in [3.05, 3.63) is 47.2 Å². The van der Waals surface area contributed by atoms with Gasteiger partial charge in [-0.15, -0.1) is 4.40 Å². The molecule has 0 saturated heterocycles. The van der Waals surface area contributed by atoms with Crippen molar-refractivity contribution in [3.8, 4) is 6.07 Å². The lowest BCUT2D eigenvalue weighted by Gasteiger charge is -1.96. The minimum absolute atomic E-state index is 0.789. The number of nitrogens with zero attached hydrogens (tertiary/aromatic N) is 2. The van der Waals surface area contributed by atoms with E-state index >= 15 is 0 Å². The Morgan fingerprint density at radius 1 is 1.24 bits per heavy atom. The molecule has 0 amide bonds. The summed E-state index contributed by atoms with van der Waals surface area (Å²) < 4.78 is 3.39. The van der Waals surface area contributed by atoms with Gasteiger partial charge in [0.25, 0.3) is 4.83 Å². The fourth-order valence-corrected chi connectivity index (χ4v) is 3.52. The van der Waals surface area contributed by atoms with Gasteiger partial charge < -0.3 is 0 Å². The van der Waals surface area contributed by atoms with Gasteiger partial charge in [-0.3, -0.25) is 0 Å². The summed E-state index contributed by atoms with van der Waals surface area (Å²) in [6.07, 6.45) is 0. The van der Waals surface area contributed by atoms with Crippen LogP contribution in [0.2, 0.25) is 0 Å². The van der Waals surface area contributed by atoms with Gasteiger partial charge in [-0.25, -0.2) is 0 Å². The summed E-state index contributed by atoms with van der Waals surface area (Å²) in [5, 5.41) is 9.28. The van der Waals surface area contributed by atoms with E-state index in [1.54, 1.807) is 11.3 Å². The molecule has 0 aliphatic rings. The van der Waals surface area contributed by atoms with Crippen molar-refractivity contribution in [1.82, 2.24) is 0 Å². The van der Waals surface area contributed by atoms with Gasteiger partial charge in [-0.2, -0.15) is 5.26 Å². The lowest BCUT2D eigenvalue weighted by molar-refractivity contribution is -0.486. The predicted molar refractivity (Wildman–Crippen MR) is 69.2 cm³/mol. The Kier molecular flexibility index (Phi) is 2.13. The fourth-order valence-electron chi connectivity index (χ4n) is 2.26. The number of hydrogen-bond donors (Lipinski definition) is 0. The van der Waals surface area contributed by atoms with Gasteiger partial charge in [0.15, 0.2) is 5.69 Å². The number of rotatable bonds is 0. The number of pyridine rings is 1. The summed E-state index contributed by atoms with van der Waals surface area (Å²) in [7, 11) is 0. The van der Waals surface area contributed by atoms with Crippen LogP contribution in [-0.4, -0.2) is 0 Å². The first-order valence-corrected chi connectivity index (χ1v) is 6.27. The summed E-state index contributed by atoms with van der Waals surface area (Å²) in [6.45, 7) is 4.08. The monoisotopic (exact) mass is 239 g/mol. The average molecular weight is 239 g/mol. The van der Waals surface area contributed by atoms with Crippen LogP contribution in [0.25, 0.3) is 15.0 Å². The van der Waals surface area contributed by atoms with Gasteiger partial charge in [0, 0.05) is 19.1 Å². The smallest absolute Gasteiger partial charge is 0.192 e. The van der Waals surface area contributed by atoms with Gasteiger partial charge in [0.2, 0.25) is 5.52 Å². The van der Waals surface area contributed by atoms with E-state index < -0.39 is 0 Å². The Balaban J connectivity index is 2.65. The topological polar surface area (TPSA) is 27.9 Å². The van der Waals surface area contributed by atoms with Crippen molar-refractivity contribution in [1.29, 1.82) is 5.26 Å². The summed E-state index contributed by atoms with van der Waals surface area (Å²) in [5.74, 6) is 0. The number of benzene rings is 1. The highest BCUT2D eigenvalue weighted by molar-refractivity contribution is 7.23. The van der Waals surface area contributed by atoms with Crippen LogP contribution in [0.3, 0.4) is 0 Å². The van der Waals surface area contributed by atoms with E-state index in [1.165, 1.54) is 15.9 Å². The van der Waals surface area contributed by atoms with E-state index in [0.717, 1.165) is 16.0 Å². The highest BCUT2D eigenvalue weighted by Gasteiger charge is 2.21. The quantitative estimate of drug-likeness (QED) is 0.554. The molecule has 17 heavy (non-hydrogen) atoms. The summed E-state index contributed by atoms with van der Waals surface area (Å²) in [4.78, 5) is 1.05. The van der Waals surface area contributed by atoms with Crippen molar-refractivity contribution >= 4 is 26.4 Å². The lowest BCUT2D eigenvalue weighted by Crippen LogP contribution is -2.24. The molecule has 0 fully saturated rings. The van der Waals surface area contributed by atoms with E-state index in [9.17, 15) is 5.26 Å². The van der Waals surface area contributed by atoms with E-state index in [4.69, 9.17) is 0 Å². The van der Waals surface area contributed by atoms with Gasteiger partial charge in [0.1, 0.15) is 16.3 Å². The average Bonchev–Trinajstić information content (AvgIpc) is 2.68. The molecule has 0 bridgehead atoms. The molecular weight excluding hydrogens is 228 g/mol. The number of nitriles is 1. The Bertz CT molecular complexity index is 778. The molecule has 2 heterocycles. The minimum atomic E-state index is 0.789. The zero-order valence-electron chi connectivity index (χ0n) is 9.69. The second-order valence-corrected chi connectivity index (χ2v) is 5.20. The third-order valence-corrected chi connectivity index (χ3v) is 4.16. The van der Waals surface area contributed by atoms with E-state index in [-0.39, 0.29) is 0 Å². The van der Waals surface area contributed by atoms with Crippen LogP contribution < -0.4 is 4.40 Å². The molecular formula is C14H11N2S+. The van der Waals surface area contributed by atoms with Gasteiger partial charge in [0.05, 0.1) is 0 Å². The zero-order valence-corrected chi connectivity index (χ0v) is 10.5. The maximum absolute atomic E-state index is 9.28. The van der Waals surface area contributed by atoms with Crippen molar-refractivity contribution < 1.29 is 4.40 Å². The molecule has 3 rings (SSSR count). The number of hydrogen-bond acceptors (Lipinski definition) is 2. The zero-order chi connectivity index (χ0) is 12.0. The van der Waals surface area contributed by atoms with Crippen LogP contribution in [0.5, 0.6) is 0 Å². The molecule has 3 heteroatoms. The third-order valence-electron chi connectivity index (χ3n) is 3.01. The Hall–Kier alpha value is -1.92. The van der Waals surface area contributed by atoms with Crippen molar-refractivity contribution in [2.75, 3.05) is 0 Å². The molecule has 0 N–H and O–H groups in total. The first kappa shape index (κ1) is 10.2. The third kappa shape index (κ3) is 1.35. The highest BCUT2D eigenvalue weighted by Crippen LogP contribution is 2.25. The summed E-state index contributed by atoms with van der Waals surface area (Å²) in [6, 6.07) is 12.7. The summed E-state index contributed by atoms with van der Waals surface area (Å²) in [5.41, 5.74) is 4.20. The number of aryl methyl sites for hydroxylation is 2. The second kappa shape index (κ2) is 3.54. The van der Waals surface area contributed by atoms with Crippen molar-refractivity contribution in [2.45, 2.75) is 13.8 Å². The maximum atomic E-state index is 9.28. The van der Waals surface area contributed by atoms with Gasteiger partial charge in [-0.05, 0) is 18.6 Å². The van der Waals surface area contributed by atoms with E-state index in [2.05, 4.69) is 35.6 Å². The normalized spacial score (nSPS) is 10.9. The number of para-hydroxylation sites is 1.